The number of benzene rings is 2. The van der Waals surface area contributed by atoms with Crippen molar-refractivity contribution in [3.8, 4) is 17.0 Å². The van der Waals surface area contributed by atoms with E-state index in [0.29, 0.717) is 25.6 Å². The second kappa shape index (κ2) is 8.78. The van der Waals surface area contributed by atoms with Gasteiger partial charge in [0, 0.05) is 49.0 Å². The van der Waals surface area contributed by atoms with E-state index in [0.717, 1.165) is 51.9 Å². The highest BCUT2D eigenvalue weighted by atomic mass is 32.2. The molecule has 5 fully saturated rings. The van der Waals surface area contributed by atoms with Crippen LogP contribution in [0.5, 0.6) is 5.75 Å². The summed E-state index contributed by atoms with van der Waals surface area (Å²) in [5, 5.41) is 12.6. The Morgan fingerprint density at radius 3 is 2.67 bits per heavy atom. The molecule has 8 rings (SSSR count). The van der Waals surface area contributed by atoms with Crippen molar-refractivity contribution in [2.45, 2.75) is 33.0 Å². The number of carboxylic acids is 1. The average molecular weight is 566 g/mol. The quantitative estimate of drug-likeness (QED) is 0.441. The van der Waals surface area contributed by atoms with Gasteiger partial charge in [0.05, 0.1) is 28.7 Å². The zero-order valence-electron chi connectivity index (χ0n) is 22.0. The van der Waals surface area contributed by atoms with E-state index < -0.39 is 21.2 Å². The normalized spacial score (nSPS) is 28.3. The van der Waals surface area contributed by atoms with E-state index in [1.807, 2.05) is 17.5 Å². The van der Waals surface area contributed by atoms with Crippen LogP contribution in [0.2, 0.25) is 0 Å². The van der Waals surface area contributed by atoms with E-state index in [1.165, 1.54) is 5.56 Å². The number of aliphatic carboxylic acids is 1. The minimum Gasteiger partial charge on any atom is -0.488 e. The number of ether oxygens (including phenoxy) is 1. The number of aryl methyl sites for hydroxylation is 2. The molecule has 0 spiro atoms. The van der Waals surface area contributed by atoms with Crippen molar-refractivity contribution in [1.82, 2.24) is 9.88 Å². The molecule has 2 aromatic carbocycles. The molecular weight excluding hydrogens is 534 g/mol. The first-order chi connectivity index (χ1) is 18.7. The first-order valence-electron chi connectivity index (χ1n) is 13.4. The van der Waals surface area contributed by atoms with Crippen molar-refractivity contribution in [2.24, 2.45) is 17.3 Å². The topological polar surface area (TPSA) is 100 Å². The Kier molecular flexibility index (Phi) is 5.64. The van der Waals surface area contributed by atoms with Gasteiger partial charge < -0.3 is 14.7 Å². The van der Waals surface area contributed by atoms with Gasteiger partial charge in [-0.1, -0.05) is 29.8 Å². The standard InChI is InChI=1S/C29H31N3O5S2/c1-17-3-6-24(37-15-20-5-4-19(12-18(20)2)13-31-7-9-39(35,36)10-8-31)21(11-17)23-16-38-28(30-23)32-14-22-25-26(32)29(22,25)27(33)34/h3-6,11-12,16,22,25-26H,7-10,13-15H2,1-2H3,(H,33,34)/t22?,25?,26?,29-/m0/s1. The molecule has 8 nitrogen and oxygen atoms in total. The predicted octanol–water partition coefficient (Wildman–Crippen LogP) is 3.76. The molecule has 39 heavy (non-hydrogen) atoms. The molecule has 2 aliphatic carbocycles. The van der Waals surface area contributed by atoms with E-state index in [-0.39, 0.29) is 23.5 Å². The molecule has 204 valence electrons. The Labute approximate surface area is 232 Å². The van der Waals surface area contributed by atoms with Crippen LogP contribution in [0.25, 0.3) is 11.3 Å². The van der Waals surface area contributed by atoms with Crippen LogP contribution in [0.15, 0.2) is 41.8 Å². The molecule has 2 bridgehead atoms. The Morgan fingerprint density at radius 2 is 1.97 bits per heavy atom. The molecule has 3 aliphatic heterocycles. The molecule has 3 saturated heterocycles. The predicted molar refractivity (Wildman–Crippen MR) is 150 cm³/mol. The molecule has 1 aromatic heterocycles. The number of carboxylic acid groups (broad SMARTS) is 1. The van der Waals surface area contributed by atoms with Gasteiger partial charge in [0.15, 0.2) is 15.0 Å². The highest BCUT2D eigenvalue weighted by molar-refractivity contribution is 7.91. The van der Waals surface area contributed by atoms with Gasteiger partial charge in [0.2, 0.25) is 0 Å². The van der Waals surface area contributed by atoms with Gasteiger partial charge in [0.1, 0.15) is 12.4 Å². The number of aromatic nitrogens is 1. The molecule has 5 aliphatic rings. The lowest BCUT2D eigenvalue weighted by molar-refractivity contribution is -0.141. The third kappa shape index (κ3) is 4.06. The Morgan fingerprint density at radius 1 is 1.18 bits per heavy atom. The maximum absolute atomic E-state index is 11.7. The minimum absolute atomic E-state index is 0.112. The number of hydrogen-bond acceptors (Lipinski definition) is 8. The van der Waals surface area contributed by atoms with Gasteiger partial charge >= 0.3 is 5.97 Å². The van der Waals surface area contributed by atoms with Crippen molar-refractivity contribution >= 4 is 32.3 Å². The summed E-state index contributed by atoms with van der Waals surface area (Å²) in [6.07, 6.45) is 0. The van der Waals surface area contributed by atoms with Gasteiger partial charge in [-0.05, 0) is 42.7 Å². The van der Waals surface area contributed by atoms with E-state index >= 15 is 0 Å². The van der Waals surface area contributed by atoms with Crippen LogP contribution in [-0.2, 0) is 27.8 Å². The highest BCUT2D eigenvalue weighted by Crippen LogP contribution is 2.86. The number of fused-ring (bicyclic) bond motifs is 1. The van der Waals surface area contributed by atoms with E-state index in [4.69, 9.17) is 9.72 Å². The number of anilines is 1. The number of nitrogens with zero attached hydrogens (tertiary/aromatic N) is 3. The Hall–Kier alpha value is -2.95. The maximum Gasteiger partial charge on any atom is 0.312 e. The summed E-state index contributed by atoms with van der Waals surface area (Å²) in [6.45, 7) is 7.27. The highest BCUT2D eigenvalue weighted by Gasteiger charge is 2.96. The van der Waals surface area contributed by atoms with Crippen LogP contribution in [0.4, 0.5) is 5.13 Å². The summed E-state index contributed by atoms with van der Waals surface area (Å²) in [5.41, 5.74) is 5.84. The summed E-state index contributed by atoms with van der Waals surface area (Å²) in [7, 11) is -2.88. The lowest BCUT2D eigenvalue weighted by Gasteiger charge is -2.26. The molecular formula is C29H31N3O5S2. The summed E-state index contributed by atoms with van der Waals surface area (Å²) in [5.74, 6) is 1.19. The fourth-order valence-corrected chi connectivity index (χ4v) is 8.89. The van der Waals surface area contributed by atoms with Crippen LogP contribution >= 0.6 is 11.3 Å². The smallest absolute Gasteiger partial charge is 0.312 e. The molecule has 4 atom stereocenters. The summed E-state index contributed by atoms with van der Waals surface area (Å²) < 4.78 is 29.8. The fraction of sp³-hybridized carbons (Fsp3) is 0.448. The van der Waals surface area contributed by atoms with E-state index in [1.54, 1.807) is 11.3 Å². The van der Waals surface area contributed by atoms with Crippen LogP contribution in [-0.4, -0.2) is 66.6 Å². The van der Waals surface area contributed by atoms with Crippen molar-refractivity contribution in [3.63, 3.8) is 0 Å². The monoisotopic (exact) mass is 565 g/mol. The second-order valence-corrected chi connectivity index (χ2v) is 14.6. The van der Waals surface area contributed by atoms with Crippen molar-refractivity contribution in [1.29, 1.82) is 0 Å². The summed E-state index contributed by atoms with van der Waals surface area (Å²) in [6, 6.07) is 12.6. The molecule has 3 unspecified atom stereocenters. The van der Waals surface area contributed by atoms with Crippen LogP contribution < -0.4 is 9.64 Å². The van der Waals surface area contributed by atoms with Crippen molar-refractivity contribution < 1.29 is 23.1 Å². The lowest BCUT2D eigenvalue weighted by Crippen LogP contribution is -2.39. The van der Waals surface area contributed by atoms with Crippen LogP contribution in [0, 0.1) is 31.1 Å². The number of thiazole rings is 1. The number of hydrogen-bond donors (Lipinski definition) is 1. The van der Waals surface area contributed by atoms with Gasteiger partial charge in [0.25, 0.3) is 0 Å². The summed E-state index contributed by atoms with van der Waals surface area (Å²) in [4.78, 5) is 21.0. The second-order valence-electron chi connectivity index (χ2n) is 11.5. The fourth-order valence-electron chi connectivity index (χ4n) is 6.74. The first kappa shape index (κ1) is 25.0. The molecule has 3 aromatic rings. The molecule has 4 heterocycles. The molecule has 2 saturated carbocycles. The molecule has 0 radical (unpaired) electrons. The van der Waals surface area contributed by atoms with Crippen molar-refractivity contribution in [2.75, 3.05) is 36.0 Å². The van der Waals surface area contributed by atoms with Gasteiger partial charge in [-0.3, -0.25) is 9.69 Å². The average Bonchev–Trinajstić information content (AvgIpc) is 3.45. The van der Waals surface area contributed by atoms with Crippen LogP contribution in [0.3, 0.4) is 0 Å². The first-order valence-corrected chi connectivity index (χ1v) is 16.1. The largest absolute Gasteiger partial charge is 0.488 e. The van der Waals surface area contributed by atoms with E-state index in [2.05, 4.69) is 47.9 Å². The Bertz CT molecular complexity index is 1580. The lowest BCUT2D eigenvalue weighted by atomic mass is 10.0. The zero-order valence-corrected chi connectivity index (χ0v) is 23.6. The maximum atomic E-state index is 11.7. The van der Waals surface area contributed by atoms with Crippen molar-refractivity contribution in [3.05, 3.63) is 64.0 Å². The SMILES string of the molecule is Cc1ccc(OCc2ccc(CN3CCS(=O)(=O)CC3)cc2C)c(-c2csc(N3CC4C5C3[C@]45C(=O)O)n2)c1. The number of piperidine rings is 1. The molecule has 0 amide bonds. The van der Waals surface area contributed by atoms with Crippen LogP contribution in [0.1, 0.15) is 22.3 Å². The minimum atomic E-state index is -2.88. The molecule has 10 heteroatoms. The van der Waals surface area contributed by atoms with Gasteiger partial charge in [-0.2, -0.15) is 0 Å². The molecule has 1 N–H and O–H groups in total. The third-order valence-corrected chi connectivity index (χ3v) is 11.6. The zero-order chi connectivity index (χ0) is 27.1. The third-order valence-electron chi connectivity index (χ3n) is 9.09. The summed E-state index contributed by atoms with van der Waals surface area (Å²) >= 11 is 1.57. The van der Waals surface area contributed by atoms with Gasteiger partial charge in [-0.25, -0.2) is 13.4 Å². The number of sulfone groups is 1. The number of carbonyl (C=O) groups is 1. The number of rotatable bonds is 8. The van der Waals surface area contributed by atoms with Gasteiger partial charge in [-0.15, -0.1) is 11.3 Å². The van der Waals surface area contributed by atoms with E-state index in [9.17, 15) is 18.3 Å². The Balaban J connectivity index is 1.04.